The highest BCUT2D eigenvalue weighted by molar-refractivity contribution is 5.93. The summed E-state index contributed by atoms with van der Waals surface area (Å²) in [6.07, 6.45) is 8.59. The minimum Gasteiger partial charge on any atom is -0.381 e. The Balaban J connectivity index is 1.92. The molecule has 0 radical (unpaired) electrons. The number of fused-ring (bicyclic) bond motifs is 1. The molecular formula is C18H24N2. The van der Waals surface area contributed by atoms with Crippen molar-refractivity contribution in [2.45, 2.75) is 52.0 Å². The van der Waals surface area contributed by atoms with Crippen molar-refractivity contribution < 1.29 is 0 Å². The van der Waals surface area contributed by atoms with Crippen LogP contribution in [0.4, 0.5) is 5.69 Å². The van der Waals surface area contributed by atoms with Crippen LogP contribution >= 0.6 is 0 Å². The van der Waals surface area contributed by atoms with Gasteiger partial charge in [0, 0.05) is 23.3 Å². The third-order valence-electron chi connectivity index (χ3n) is 4.75. The van der Waals surface area contributed by atoms with Crippen LogP contribution in [0.3, 0.4) is 0 Å². The van der Waals surface area contributed by atoms with Crippen LogP contribution in [0, 0.1) is 12.8 Å². The topological polar surface area (TPSA) is 24.9 Å². The van der Waals surface area contributed by atoms with E-state index in [0.717, 1.165) is 11.4 Å². The van der Waals surface area contributed by atoms with Crippen molar-refractivity contribution in [3.63, 3.8) is 0 Å². The minimum absolute atomic E-state index is 0.625. The maximum absolute atomic E-state index is 4.53. The van der Waals surface area contributed by atoms with E-state index in [1.54, 1.807) is 0 Å². The van der Waals surface area contributed by atoms with Crippen LogP contribution in [-0.4, -0.2) is 11.0 Å². The normalized spacial score (nSPS) is 22.9. The van der Waals surface area contributed by atoms with Crippen molar-refractivity contribution in [3.05, 3.63) is 36.0 Å². The van der Waals surface area contributed by atoms with Crippen molar-refractivity contribution >= 4 is 16.6 Å². The third kappa shape index (κ3) is 2.52. The molecule has 0 bridgehead atoms. The molecule has 1 saturated carbocycles. The summed E-state index contributed by atoms with van der Waals surface area (Å²) < 4.78 is 0. The summed E-state index contributed by atoms with van der Waals surface area (Å²) >= 11 is 0. The predicted molar refractivity (Wildman–Crippen MR) is 86.1 cm³/mol. The molecule has 1 heterocycles. The van der Waals surface area contributed by atoms with E-state index >= 15 is 0 Å². The van der Waals surface area contributed by atoms with Gasteiger partial charge in [0.05, 0.1) is 5.52 Å². The fourth-order valence-corrected chi connectivity index (χ4v) is 3.53. The van der Waals surface area contributed by atoms with Gasteiger partial charge in [-0.3, -0.25) is 4.98 Å². The smallest absolute Gasteiger partial charge is 0.0751 e. The summed E-state index contributed by atoms with van der Waals surface area (Å²) in [6, 6.07) is 9.24. The van der Waals surface area contributed by atoms with E-state index in [9.17, 15) is 0 Å². The third-order valence-corrected chi connectivity index (χ3v) is 4.75. The van der Waals surface area contributed by atoms with Gasteiger partial charge in [-0.25, -0.2) is 0 Å². The Hall–Kier alpha value is -1.57. The zero-order valence-electron chi connectivity index (χ0n) is 12.5. The number of benzene rings is 1. The Labute approximate surface area is 121 Å². The molecule has 0 spiro atoms. The van der Waals surface area contributed by atoms with Crippen molar-refractivity contribution in [1.82, 2.24) is 4.98 Å². The van der Waals surface area contributed by atoms with Crippen LogP contribution in [0.2, 0.25) is 0 Å². The SMILES string of the molecule is CCC1CCCCC1Nc1ccc(C)c2ncccc12. The molecule has 2 unspecified atom stereocenters. The summed E-state index contributed by atoms with van der Waals surface area (Å²) in [4.78, 5) is 4.53. The minimum atomic E-state index is 0.625. The monoisotopic (exact) mass is 268 g/mol. The first-order chi connectivity index (χ1) is 9.79. The molecule has 0 amide bonds. The molecule has 1 fully saturated rings. The van der Waals surface area contributed by atoms with Crippen LogP contribution in [-0.2, 0) is 0 Å². The van der Waals surface area contributed by atoms with E-state index in [1.807, 2.05) is 12.3 Å². The Morgan fingerprint density at radius 2 is 2.05 bits per heavy atom. The number of rotatable bonds is 3. The van der Waals surface area contributed by atoms with E-state index < -0.39 is 0 Å². The molecular weight excluding hydrogens is 244 g/mol. The highest BCUT2D eigenvalue weighted by Gasteiger charge is 2.23. The number of hydrogen-bond acceptors (Lipinski definition) is 2. The van der Waals surface area contributed by atoms with Crippen molar-refractivity contribution in [1.29, 1.82) is 0 Å². The van der Waals surface area contributed by atoms with Gasteiger partial charge in [0.1, 0.15) is 0 Å². The standard InChI is InChI=1S/C18H24N2/c1-3-14-7-4-5-9-16(14)20-17-11-10-13(2)18-15(17)8-6-12-19-18/h6,8,10-12,14,16,20H,3-5,7,9H2,1-2H3. The molecule has 1 N–H and O–H groups in total. The van der Waals surface area contributed by atoms with Gasteiger partial charge < -0.3 is 5.32 Å². The molecule has 1 aliphatic carbocycles. The average molecular weight is 268 g/mol. The maximum atomic E-state index is 4.53. The highest BCUT2D eigenvalue weighted by atomic mass is 14.9. The second kappa shape index (κ2) is 5.82. The second-order valence-corrected chi connectivity index (χ2v) is 6.03. The fourth-order valence-electron chi connectivity index (χ4n) is 3.53. The quantitative estimate of drug-likeness (QED) is 0.854. The molecule has 1 aromatic heterocycles. The van der Waals surface area contributed by atoms with E-state index in [4.69, 9.17) is 0 Å². The van der Waals surface area contributed by atoms with E-state index in [1.165, 1.54) is 48.7 Å². The molecule has 1 aromatic carbocycles. The lowest BCUT2D eigenvalue weighted by molar-refractivity contribution is 0.317. The van der Waals surface area contributed by atoms with Crippen LogP contribution in [0.15, 0.2) is 30.5 Å². The van der Waals surface area contributed by atoms with Gasteiger partial charge in [-0.05, 0) is 49.4 Å². The van der Waals surface area contributed by atoms with E-state index in [0.29, 0.717) is 6.04 Å². The number of aryl methyl sites for hydroxylation is 1. The molecule has 2 nitrogen and oxygen atoms in total. The Bertz CT molecular complexity index is 591. The number of anilines is 1. The first-order valence-corrected chi connectivity index (χ1v) is 7.90. The Morgan fingerprint density at radius 3 is 2.90 bits per heavy atom. The van der Waals surface area contributed by atoms with Crippen molar-refractivity contribution in [2.24, 2.45) is 5.92 Å². The maximum Gasteiger partial charge on any atom is 0.0751 e. The molecule has 106 valence electrons. The van der Waals surface area contributed by atoms with Crippen LogP contribution in [0.1, 0.15) is 44.6 Å². The lowest BCUT2D eigenvalue weighted by Crippen LogP contribution is -2.31. The van der Waals surface area contributed by atoms with Gasteiger partial charge in [0.2, 0.25) is 0 Å². The van der Waals surface area contributed by atoms with Gasteiger partial charge in [-0.15, -0.1) is 0 Å². The molecule has 20 heavy (non-hydrogen) atoms. The first-order valence-electron chi connectivity index (χ1n) is 7.90. The zero-order chi connectivity index (χ0) is 13.9. The molecule has 0 saturated heterocycles. The summed E-state index contributed by atoms with van der Waals surface area (Å²) in [7, 11) is 0. The molecule has 3 rings (SSSR count). The van der Waals surface area contributed by atoms with Gasteiger partial charge >= 0.3 is 0 Å². The Morgan fingerprint density at radius 1 is 1.20 bits per heavy atom. The summed E-state index contributed by atoms with van der Waals surface area (Å²) in [5.74, 6) is 0.816. The zero-order valence-corrected chi connectivity index (χ0v) is 12.5. The highest BCUT2D eigenvalue weighted by Crippen LogP contribution is 2.32. The summed E-state index contributed by atoms with van der Waals surface area (Å²) in [5, 5.41) is 5.07. The summed E-state index contributed by atoms with van der Waals surface area (Å²) in [6.45, 7) is 4.45. The Kier molecular flexibility index (Phi) is 3.90. The largest absolute Gasteiger partial charge is 0.381 e. The number of nitrogens with zero attached hydrogens (tertiary/aromatic N) is 1. The predicted octanol–water partition coefficient (Wildman–Crippen LogP) is 4.92. The van der Waals surface area contributed by atoms with E-state index in [2.05, 4.69) is 42.3 Å². The second-order valence-electron chi connectivity index (χ2n) is 6.03. The summed E-state index contributed by atoms with van der Waals surface area (Å²) in [5.41, 5.74) is 3.63. The number of hydrogen-bond donors (Lipinski definition) is 1. The van der Waals surface area contributed by atoms with Crippen molar-refractivity contribution in [2.75, 3.05) is 5.32 Å². The molecule has 2 aromatic rings. The fraction of sp³-hybridized carbons (Fsp3) is 0.500. The van der Waals surface area contributed by atoms with Gasteiger partial charge in [0.25, 0.3) is 0 Å². The van der Waals surface area contributed by atoms with Crippen LogP contribution in [0.5, 0.6) is 0 Å². The van der Waals surface area contributed by atoms with Crippen LogP contribution in [0.25, 0.3) is 10.9 Å². The molecule has 2 heteroatoms. The lowest BCUT2D eigenvalue weighted by Gasteiger charge is -2.32. The van der Waals surface area contributed by atoms with Gasteiger partial charge in [-0.1, -0.05) is 32.3 Å². The first kappa shape index (κ1) is 13.4. The number of nitrogens with one attached hydrogen (secondary N) is 1. The number of aromatic nitrogens is 1. The van der Waals surface area contributed by atoms with Crippen LogP contribution < -0.4 is 5.32 Å². The van der Waals surface area contributed by atoms with Gasteiger partial charge in [0.15, 0.2) is 0 Å². The van der Waals surface area contributed by atoms with Crippen molar-refractivity contribution in [3.8, 4) is 0 Å². The molecule has 2 atom stereocenters. The average Bonchev–Trinajstić information content (AvgIpc) is 2.51. The lowest BCUT2D eigenvalue weighted by atomic mass is 9.82. The number of pyridine rings is 1. The molecule has 1 aliphatic rings. The van der Waals surface area contributed by atoms with Gasteiger partial charge in [-0.2, -0.15) is 0 Å². The van der Waals surface area contributed by atoms with E-state index in [-0.39, 0.29) is 0 Å². The molecule has 0 aliphatic heterocycles.